The summed E-state index contributed by atoms with van der Waals surface area (Å²) in [6.07, 6.45) is 4.82. The van der Waals surface area contributed by atoms with Crippen LogP contribution in [0.2, 0.25) is 0 Å². The lowest BCUT2D eigenvalue weighted by atomic mass is 9.85. The summed E-state index contributed by atoms with van der Waals surface area (Å²) in [5, 5.41) is 0.791. The molecular formula is C28H26N2O5. The highest BCUT2D eigenvalue weighted by molar-refractivity contribution is 6.14. The van der Waals surface area contributed by atoms with Crippen molar-refractivity contribution in [3.05, 3.63) is 72.3 Å². The maximum Gasteiger partial charge on any atom is 0.308 e. The Balaban J connectivity index is 1.28. The molecule has 1 fully saturated rings. The number of nitrogens with zero attached hydrogens (tertiary/aromatic N) is 2. The predicted octanol–water partition coefficient (Wildman–Crippen LogP) is 3.91. The number of benzene rings is 2. The summed E-state index contributed by atoms with van der Waals surface area (Å²) in [6.45, 7) is -0.440. The fraction of sp³-hybridized carbons (Fsp3) is 0.286. The van der Waals surface area contributed by atoms with Crippen LogP contribution in [-0.4, -0.2) is 46.2 Å². The molecule has 3 aromatic rings. The van der Waals surface area contributed by atoms with Gasteiger partial charge in [-0.05, 0) is 24.5 Å². The van der Waals surface area contributed by atoms with E-state index in [2.05, 4.69) is 0 Å². The number of amides is 2. The molecule has 2 heterocycles. The number of esters is 1. The third-order valence-electron chi connectivity index (χ3n) is 6.94. The largest absolute Gasteiger partial charge is 0.457 e. The number of ketones is 1. The summed E-state index contributed by atoms with van der Waals surface area (Å²) < 4.78 is 7.27. The van der Waals surface area contributed by atoms with E-state index in [9.17, 15) is 19.2 Å². The van der Waals surface area contributed by atoms with Gasteiger partial charge in [0.2, 0.25) is 17.6 Å². The van der Waals surface area contributed by atoms with Crippen molar-refractivity contribution in [2.75, 3.05) is 13.2 Å². The van der Waals surface area contributed by atoms with Crippen molar-refractivity contribution in [2.45, 2.75) is 19.3 Å². The van der Waals surface area contributed by atoms with Crippen molar-refractivity contribution in [1.29, 1.82) is 0 Å². The van der Waals surface area contributed by atoms with Gasteiger partial charge in [-0.25, -0.2) is 0 Å². The number of hydrogen-bond acceptors (Lipinski definition) is 5. The van der Waals surface area contributed by atoms with Gasteiger partial charge < -0.3 is 9.30 Å². The molecule has 7 nitrogen and oxygen atoms in total. The molecule has 5 rings (SSSR count). The number of para-hydroxylation sites is 1. The topological polar surface area (TPSA) is 85.7 Å². The highest BCUT2D eigenvalue weighted by Crippen LogP contribution is 2.35. The van der Waals surface area contributed by atoms with Gasteiger partial charge in [-0.1, -0.05) is 60.7 Å². The minimum Gasteiger partial charge on any atom is -0.457 e. The maximum atomic E-state index is 13.3. The molecule has 2 aromatic carbocycles. The molecule has 0 spiro atoms. The zero-order valence-electron chi connectivity index (χ0n) is 19.5. The molecule has 1 aromatic heterocycles. The van der Waals surface area contributed by atoms with Gasteiger partial charge >= 0.3 is 5.97 Å². The molecular weight excluding hydrogens is 444 g/mol. The summed E-state index contributed by atoms with van der Waals surface area (Å²) in [6, 6.07) is 17.2. The van der Waals surface area contributed by atoms with Crippen LogP contribution >= 0.6 is 0 Å². The Labute approximate surface area is 203 Å². The van der Waals surface area contributed by atoms with E-state index in [4.69, 9.17) is 4.74 Å². The van der Waals surface area contributed by atoms with Crippen LogP contribution in [0.3, 0.4) is 0 Å². The van der Waals surface area contributed by atoms with Gasteiger partial charge in [-0.3, -0.25) is 24.1 Å². The lowest BCUT2D eigenvalue weighted by Gasteiger charge is -2.14. The summed E-state index contributed by atoms with van der Waals surface area (Å²) in [4.78, 5) is 52.1. The average molecular weight is 471 g/mol. The molecule has 0 N–H and O–H groups in total. The van der Waals surface area contributed by atoms with Gasteiger partial charge in [0.05, 0.1) is 29.5 Å². The van der Waals surface area contributed by atoms with E-state index in [1.165, 1.54) is 4.90 Å². The van der Waals surface area contributed by atoms with Crippen LogP contribution in [0.1, 0.15) is 29.6 Å². The van der Waals surface area contributed by atoms with Crippen LogP contribution in [0.5, 0.6) is 0 Å². The van der Waals surface area contributed by atoms with Gasteiger partial charge in [-0.15, -0.1) is 0 Å². The van der Waals surface area contributed by atoms with E-state index in [-0.39, 0.29) is 42.4 Å². The third kappa shape index (κ3) is 4.07. The fourth-order valence-electron chi connectivity index (χ4n) is 5.19. The summed E-state index contributed by atoms with van der Waals surface area (Å²) in [5.74, 6) is -2.03. The average Bonchev–Trinajstić information content (AvgIpc) is 3.32. The number of aromatic nitrogens is 1. The number of allylic oxidation sites excluding steroid dienone is 2. The number of fused-ring (bicyclic) bond motifs is 2. The van der Waals surface area contributed by atoms with E-state index in [0.717, 1.165) is 22.2 Å². The number of ether oxygens (including phenoxy) is 1. The molecule has 1 aliphatic carbocycles. The third-order valence-corrected chi connectivity index (χ3v) is 6.94. The van der Waals surface area contributed by atoms with Crippen molar-refractivity contribution >= 4 is 34.5 Å². The molecule has 0 saturated carbocycles. The molecule has 178 valence electrons. The lowest BCUT2D eigenvalue weighted by Crippen LogP contribution is -2.33. The smallest absolute Gasteiger partial charge is 0.308 e. The van der Waals surface area contributed by atoms with Crippen LogP contribution in [0.25, 0.3) is 22.2 Å². The molecule has 1 saturated heterocycles. The van der Waals surface area contributed by atoms with Crippen molar-refractivity contribution in [1.82, 2.24) is 9.47 Å². The Morgan fingerprint density at radius 2 is 1.54 bits per heavy atom. The standard InChI is InChI=1S/C28H26N2O5/c1-29-22-14-8-7-13-21(22)25(26(29)18-9-3-2-4-10-18)23(31)17-35-24(32)15-16-30-27(33)19-11-5-6-12-20(19)28(30)34/h2-10,13-14,19-20H,11-12,15-17H2,1H3/t19-,20-/m0/s1. The molecule has 1 aliphatic heterocycles. The Hall–Kier alpha value is -4.00. The van der Waals surface area contributed by atoms with Gasteiger partial charge in [0.1, 0.15) is 0 Å². The minimum atomic E-state index is -0.617. The van der Waals surface area contributed by atoms with Crippen LogP contribution in [0.4, 0.5) is 0 Å². The number of likely N-dealkylation sites (tertiary alicyclic amines) is 1. The number of hydrogen-bond donors (Lipinski definition) is 0. The van der Waals surface area contributed by atoms with Gasteiger partial charge in [0.15, 0.2) is 6.61 Å². The Kier molecular flexibility index (Phi) is 6.07. The Morgan fingerprint density at radius 1 is 0.914 bits per heavy atom. The maximum absolute atomic E-state index is 13.3. The van der Waals surface area contributed by atoms with Crippen molar-refractivity contribution < 1.29 is 23.9 Å². The number of Topliss-reactive ketones (excluding diaryl/α,β-unsaturated/α-hetero) is 1. The Bertz CT molecular complexity index is 1330. The predicted molar refractivity (Wildman–Crippen MR) is 130 cm³/mol. The quantitative estimate of drug-likeness (QED) is 0.226. The second-order valence-corrected chi connectivity index (χ2v) is 8.98. The van der Waals surface area contributed by atoms with Gasteiger partial charge in [0, 0.05) is 24.5 Å². The van der Waals surface area contributed by atoms with Gasteiger partial charge in [-0.2, -0.15) is 0 Å². The SMILES string of the molecule is Cn1c(-c2ccccc2)c(C(=O)COC(=O)CCN2C(=O)[C@H]3CC=CC[C@@H]3C2=O)c2ccccc21. The first-order chi connectivity index (χ1) is 17.0. The molecule has 2 aliphatic rings. The number of carbonyl (C=O) groups excluding carboxylic acids is 4. The second-order valence-electron chi connectivity index (χ2n) is 8.98. The first-order valence-electron chi connectivity index (χ1n) is 11.8. The zero-order chi connectivity index (χ0) is 24.5. The van der Waals surface area contributed by atoms with Crippen LogP contribution in [-0.2, 0) is 26.2 Å². The molecule has 0 unspecified atom stereocenters. The van der Waals surface area contributed by atoms with Crippen molar-refractivity contribution in [3.63, 3.8) is 0 Å². The summed E-state index contributed by atoms with van der Waals surface area (Å²) in [5.41, 5.74) is 3.06. The molecule has 35 heavy (non-hydrogen) atoms. The van der Waals surface area contributed by atoms with Crippen LogP contribution in [0, 0.1) is 11.8 Å². The van der Waals surface area contributed by atoms with Crippen LogP contribution < -0.4 is 0 Å². The minimum absolute atomic E-state index is 0.0266. The highest BCUT2D eigenvalue weighted by Gasteiger charge is 2.47. The van der Waals surface area contributed by atoms with E-state index in [1.807, 2.05) is 78.4 Å². The molecule has 2 atom stereocenters. The first kappa shape index (κ1) is 22.8. The van der Waals surface area contributed by atoms with E-state index in [0.29, 0.717) is 18.4 Å². The fourth-order valence-corrected chi connectivity index (χ4v) is 5.19. The Morgan fingerprint density at radius 3 is 2.23 bits per heavy atom. The van der Waals surface area contributed by atoms with Crippen LogP contribution in [0.15, 0.2) is 66.7 Å². The normalized spacial score (nSPS) is 19.3. The second kappa shape index (κ2) is 9.33. The van der Waals surface area contributed by atoms with Crippen molar-refractivity contribution in [2.24, 2.45) is 18.9 Å². The number of imide groups is 1. The first-order valence-corrected chi connectivity index (χ1v) is 11.8. The zero-order valence-corrected chi connectivity index (χ0v) is 19.5. The highest BCUT2D eigenvalue weighted by atomic mass is 16.5. The summed E-state index contributed by atoms with van der Waals surface area (Å²) in [7, 11) is 1.91. The lowest BCUT2D eigenvalue weighted by molar-refractivity contribution is -0.145. The number of rotatable bonds is 7. The van der Waals surface area contributed by atoms with E-state index in [1.54, 1.807) is 0 Å². The summed E-state index contributed by atoms with van der Waals surface area (Å²) >= 11 is 0. The molecule has 2 amide bonds. The van der Waals surface area contributed by atoms with Gasteiger partial charge in [0.25, 0.3) is 0 Å². The number of carbonyl (C=O) groups is 4. The monoisotopic (exact) mass is 470 g/mol. The van der Waals surface area contributed by atoms with E-state index >= 15 is 0 Å². The van der Waals surface area contributed by atoms with Crippen molar-refractivity contribution in [3.8, 4) is 11.3 Å². The molecule has 7 heteroatoms. The number of aryl methyl sites for hydroxylation is 1. The van der Waals surface area contributed by atoms with E-state index < -0.39 is 12.6 Å². The molecule has 0 bridgehead atoms. The molecule has 0 radical (unpaired) electrons.